The fourth-order valence-electron chi connectivity index (χ4n) is 1.98. The van der Waals surface area contributed by atoms with Gasteiger partial charge in [-0.1, -0.05) is 36.5 Å². The summed E-state index contributed by atoms with van der Waals surface area (Å²) in [7, 11) is 0. The molecule has 0 aliphatic rings. The van der Waals surface area contributed by atoms with E-state index in [4.69, 9.17) is 27.9 Å². The molecule has 5 nitrogen and oxygen atoms in total. The van der Waals surface area contributed by atoms with Gasteiger partial charge in [-0.15, -0.1) is 0 Å². The normalized spacial score (nSPS) is 12.7. The van der Waals surface area contributed by atoms with E-state index < -0.39 is 11.8 Å². The predicted octanol–water partition coefficient (Wildman–Crippen LogP) is 4.08. The fraction of sp³-hybridized carbons (Fsp3) is 0.438. The zero-order valence-corrected chi connectivity index (χ0v) is 14.9. The number of esters is 1. The van der Waals surface area contributed by atoms with Crippen molar-refractivity contribution < 1.29 is 14.3 Å². The van der Waals surface area contributed by atoms with Crippen LogP contribution < -0.4 is 5.43 Å². The second-order valence-electron chi connectivity index (χ2n) is 4.91. The van der Waals surface area contributed by atoms with Gasteiger partial charge in [0.25, 0.3) is 5.91 Å². The van der Waals surface area contributed by atoms with E-state index in [0.29, 0.717) is 23.8 Å². The predicted molar refractivity (Wildman–Crippen MR) is 92.1 cm³/mol. The van der Waals surface area contributed by atoms with Crippen molar-refractivity contribution in [2.45, 2.75) is 33.6 Å². The van der Waals surface area contributed by atoms with Crippen molar-refractivity contribution in [2.75, 3.05) is 6.61 Å². The number of hydrogen-bond acceptors (Lipinski definition) is 4. The number of benzene rings is 1. The first kappa shape index (κ1) is 19.5. The Morgan fingerprint density at radius 1 is 1.30 bits per heavy atom. The van der Waals surface area contributed by atoms with Crippen molar-refractivity contribution in [3.63, 3.8) is 0 Å². The first-order valence-corrected chi connectivity index (χ1v) is 8.12. The Balaban J connectivity index is 2.83. The molecule has 126 valence electrons. The molecule has 1 aromatic rings. The molecule has 0 bridgehead atoms. The summed E-state index contributed by atoms with van der Waals surface area (Å²) in [5.41, 5.74) is 3.16. The monoisotopic (exact) mass is 358 g/mol. The van der Waals surface area contributed by atoms with Gasteiger partial charge in [0.1, 0.15) is 0 Å². The second kappa shape index (κ2) is 9.53. The van der Waals surface area contributed by atoms with E-state index in [1.165, 1.54) is 12.1 Å². The summed E-state index contributed by atoms with van der Waals surface area (Å²) in [6, 6.07) is 4.56. The molecule has 0 aliphatic carbocycles. The topological polar surface area (TPSA) is 67.8 Å². The number of nitrogens with zero attached hydrogens (tertiary/aromatic N) is 1. The van der Waals surface area contributed by atoms with Gasteiger partial charge in [-0.3, -0.25) is 9.59 Å². The average molecular weight is 359 g/mol. The van der Waals surface area contributed by atoms with E-state index in [2.05, 4.69) is 10.5 Å². The number of amides is 1. The number of ether oxygens (including phenoxy) is 1. The van der Waals surface area contributed by atoms with Gasteiger partial charge < -0.3 is 4.74 Å². The van der Waals surface area contributed by atoms with Crippen molar-refractivity contribution in [1.29, 1.82) is 0 Å². The standard InChI is InChI=1S/C16H20Cl2N2O3/c1-4-6-12(16(22)23-5-2)10(3)19-20-15(21)13-8-7-11(17)9-14(13)18/h7-9,12H,4-6H2,1-3H3,(H,20,21)/b19-10+. The number of nitrogens with one attached hydrogen (secondary N) is 1. The summed E-state index contributed by atoms with van der Waals surface area (Å²) in [5.74, 6) is -1.28. The van der Waals surface area contributed by atoms with Crippen LogP contribution in [0.5, 0.6) is 0 Å². The highest BCUT2D eigenvalue weighted by Gasteiger charge is 2.22. The van der Waals surface area contributed by atoms with Crippen molar-refractivity contribution in [3.05, 3.63) is 33.8 Å². The molecule has 1 unspecified atom stereocenters. The molecule has 1 N–H and O–H groups in total. The zero-order chi connectivity index (χ0) is 17.4. The number of carbonyl (C=O) groups is 2. The van der Waals surface area contributed by atoms with Gasteiger partial charge in [0.05, 0.1) is 23.1 Å². The summed E-state index contributed by atoms with van der Waals surface area (Å²) < 4.78 is 5.03. The van der Waals surface area contributed by atoms with Crippen LogP contribution in [-0.4, -0.2) is 24.2 Å². The van der Waals surface area contributed by atoms with Crippen LogP contribution >= 0.6 is 23.2 Å². The minimum Gasteiger partial charge on any atom is -0.465 e. The Labute approximate surface area is 146 Å². The molecule has 0 fully saturated rings. The minimum atomic E-state index is -0.471. The summed E-state index contributed by atoms with van der Waals surface area (Å²) in [6.07, 6.45) is 1.40. The van der Waals surface area contributed by atoms with Crippen molar-refractivity contribution in [3.8, 4) is 0 Å². The van der Waals surface area contributed by atoms with Gasteiger partial charge in [-0.25, -0.2) is 5.43 Å². The summed E-state index contributed by atoms with van der Waals surface area (Å²) in [5, 5.41) is 4.69. The van der Waals surface area contributed by atoms with Gasteiger partial charge in [0.2, 0.25) is 0 Å². The summed E-state index contributed by atoms with van der Waals surface area (Å²) >= 11 is 11.8. The zero-order valence-electron chi connectivity index (χ0n) is 13.4. The molecule has 7 heteroatoms. The van der Waals surface area contributed by atoms with Crippen LogP contribution in [0, 0.1) is 5.92 Å². The SMILES string of the molecule is CCCC(C(=O)OCC)/C(C)=N/NC(=O)c1ccc(Cl)cc1Cl. The molecular weight excluding hydrogens is 339 g/mol. The Morgan fingerprint density at radius 3 is 2.57 bits per heavy atom. The van der Waals surface area contributed by atoms with Crippen LogP contribution in [-0.2, 0) is 9.53 Å². The minimum absolute atomic E-state index is 0.235. The van der Waals surface area contributed by atoms with Crippen LogP contribution in [0.15, 0.2) is 23.3 Å². The average Bonchev–Trinajstić information content (AvgIpc) is 2.50. The summed E-state index contributed by atoms with van der Waals surface area (Å²) in [6.45, 7) is 5.70. The second-order valence-corrected chi connectivity index (χ2v) is 5.76. The van der Waals surface area contributed by atoms with Crippen LogP contribution in [0.2, 0.25) is 10.0 Å². The van der Waals surface area contributed by atoms with Crippen molar-refractivity contribution in [1.82, 2.24) is 5.43 Å². The number of halogens is 2. The maximum absolute atomic E-state index is 12.1. The van der Waals surface area contributed by atoms with Crippen LogP contribution in [0.4, 0.5) is 0 Å². The first-order valence-electron chi connectivity index (χ1n) is 7.36. The van der Waals surface area contributed by atoms with Crippen LogP contribution in [0.1, 0.15) is 44.0 Å². The maximum atomic E-state index is 12.1. The highest BCUT2D eigenvalue weighted by Crippen LogP contribution is 2.20. The molecule has 0 heterocycles. The molecule has 1 rings (SSSR count). The quantitative estimate of drug-likeness (QED) is 0.453. The molecule has 1 amide bonds. The third-order valence-corrected chi connectivity index (χ3v) is 3.71. The maximum Gasteiger partial charge on any atom is 0.314 e. The Morgan fingerprint density at radius 2 is 2.00 bits per heavy atom. The highest BCUT2D eigenvalue weighted by atomic mass is 35.5. The fourth-order valence-corrected chi connectivity index (χ4v) is 2.47. The Hall–Kier alpha value is -1.59. The van der Waals surface area contributed by atoms with E-state index in [-0.39, 0.29) is 16.6 Å². The van der Waals surface area contributed by atoms with Gasteiger partial charge >= 0.3 is 5.97 Å². The van der Waals surface area contributed by atoms with Gasteiger partial charge in [-0.05, 0) is 38.5 Å². The van der Waals surface area contributed by atoms with E-state index in [1.54, 1.807) is 19.9 Å². The Bertz CT molecular complexity index is 603. The van der Waals surface area contributed by atoms with Gasteiger partial charge in [0.15, 0.2) is 0 Å². The van der Waals surface area contributed by atoms with E-state index in [0.717, 1.165) is 6.42 Å². The lowest BCUT2D eigenvalue weighted by molar-refractivity contribution is -0.145. The lowest BCUT2D eigenvalue weighted by atomic mass is 9.99. The molecule has 0 radical (unpaired) electrons. The molecule has 0 spiro atoms. The van der Waals surface area contributed by atoms with E-state index >= 15 is 0 Å². The molecule has 23 heavy (non-hydrogen) atoms. The smallest absolute Gasteiger partial charge is 0.314 e. The molecule has 1 atom stereocenters. The van der Waals surface area contributed by atoms with Crippen molar-refractivity contribution >= 4 is 40.8 Å². The van der Waals surface area contributed by atoms with Gasteiger partial charge in [-0.2, -0.15) is 5.10 Å². The van der Waals surface area contributed by atoms with Crippen LogP contribution in [0.3, 0.4) is 0 Å². The van der Waals surface area contributed by atoms with Crippen molar-refractivity contribution in [2.24, 2.45) is 11.0 Å². The largest absolute Gasteiger partial charge is 0.465 e. The molecular formula is C16H20Cl2N2O3. The number of hydrogen-bond donors (Lipinski definition) is 1. The molecule has 0 saturated heterocycles. The lowest BCUT2D eigenvalue weighted by Crippen LogP contribution is -2.28. The molecule has 0 aromatic heterocycles. The molecule has 0 aliphatic heterocycles. The van der Waals surface area contributed by atoms with E-state index in [1.807, 2.05) is 6.92 Å². The Kier molecular flexibility index (Phi) is 8.06. The van der Waals surface area contributed by atoms with E-state index in [9.17, 15) is 9.59 Å². The van der Waals surface area contributed by atoms with Crippen LogP contribution in [0.25, 0.3) is 0 Å². The van der Waals surface area contributed by atoms with Gasteiger partial charge in [0, 0.05) is 10.7 Å². The highest BCUT2D eigenvalue weighted by molar-refractivity contribution is 6.36. The third-order valence-electron chi connectivity index (χ3n) is 3.16. The summed E-state index contributed by atoms with van der Waals surface area (Å²) in [4.78, 5) is 24.0. The lowest BCUT2D eigenvalue weighted by Gasteiger charge is -2.14. The first-order chi connectivity index (χ1) is 10.9. The number of hydrazone groups is 1. The third kappa shape index (κ3) is 5.84. The molecule has 0 saturated carbocycles. The molecule has 1 aromatic carbocycles. The number of carbonyl (C=O) groups excluding carboxylic acids is 2. The number of rotatable bonds is 7.